The molecule has 4 N–H and O–H groups in total. The van der Waals surface area contributed by atoms with Crippen molar-refractivity contribution in [3.8, 4) is 33.5 Å². The molecule has 6 heterocycles. The number of carbonyl (C=O) groups is 3. The van der Waals surface area contributed by atoms with Crippen molar-refractivity contribution in [3.63, 3.8) is 0 Å². The highest BCUT2D eigenvalue weighted by Gasteiger charge is 2.51. The number of halogens is 2. The van der Waals surface area contributed by atoms with Crippen LogP contribution in [0, 0.1) is 5.92 Å². The smallest absolute Gasteiger partial charge is 0.407 e. The van der Waals surface area contributed by atoms with Gasteiger partial charge >= 0.3 is 12.2 Å². The molecule has 2 unspecified atom stereocenters. The number of amides is 3. The zero-order chi connectivity index (χ0) is 48.1. The number of alkyl carbamates (subject to hydrolysis) is 2. The highest BCUT2D eigenvalue weighted by Crippen LogP contribution is 2.53. The third-order valence-electron chi connectivity index (χ3n) is 14.7. The molecule has 18 heteroatoms. The van der Waals surface area contributed by atoms with E-state index in [0.29, 0.717) is 111 Å². The number of nitrogens with zero attached hydrogens (tertiary/aromatic N) is 4. The van der Waals surface area contributed by atoms with Gasteiger partial charge in [-0.15, -0.1) is 0 Å². The molecule has 4 fully saturated rings. The van der Waals surface area contributed by atoms with Gasteiger partial charge in [-0.3, -0.25) is 9.69 Å². The lowest BCUT2D eigenvalue weighted by Gasteiger charge is -2.34. The van der Waals surface area contributed by atoms with Gasteiger partial charge in [-0.05, 0) is 83.7 Å². The maximum atomic E-state index is 16.7. The molecule has 4 saturated heterocycles. The van der Waals surface area contributed by atoms with Crippen LogP contribution in [0.15, 0.2) is 91.1 Å². The number of alkyl halides is 2. The minimum absolute atomic E-state index is 0.0791. The second-order valence-corrected chi connectivity index (χ2v) is 18.7. The summed E-state index contributed by atoms with van der Waals surface area (Å²) in [6, 6.07) is 23.9. The van der Waals surface area contributed by atoms with E-state index in [2.05, 4.69) is 30.5 Å². The van der Waals surface area contributed by atoms with E-state index in [0.717, 1.165) is 28.6 Å². The molecule has 1 aliphatic carbocycles. The van der Waals surface area contributed by atoms with Crippen LogP contribution in [0.3, 0.4) is 0 Å². The van der Waals surface area contributed by atoms with Gasteiger partial charge in [0.1, 0.15) is 17.7 Å². The minimum atomic E-state index is -3.29. The molecule has 2 aromatic heterocycles. The van der Waals surface area contributed by atoms with Crippen molar-refractivity contribution in [2.45, 2.75) is 68.0 Å². The Morgan fingerprint density at radius 3 is 2.23 bits per heavy atom. The van der Waals surface area contributed by atoms with Gasteiger partial charge in [-0.25, -0.2) is 19.6 Å². The van der Waals surface area contributed by atoms with Crippen LogP contribution in [0.5, 0.6) is 0 Å². The Bertz CT molecular complexity index is 2930. The Hall–Kier alpha value is -6.73. The fraction of sp³-hybridized carbons (Fsp3) is 0.404. The average Bonchev–Trinajstić information content (AvgIpc) is 4.27. The topological polar surface area (TPSA) is 185 Å². The number of fused-ring (bicyclic) bond motifs is 4. The summed E-state index contributed by atoms with van der Waals surface area (Å²) in [5.41, 5.74) is 5.60. The van der Waals surface area contributed by atoms with E-state index in [9.17, 15) is 14.4 Å². The molecule has 1 spiro atoms. The molecular weight excluding hydrogens is 903 g/mol. The van der Waals surface area contributed by atoms with Gasteiger partial charge in [-0.2, -0.15) is 8.78 Å². The molecule has 3 amide bonds. The Morgan fingerprint density at radius 2 is 1.49 bits per heavy atom. The molecule has 0 radical (unpaired) electrons. The summed E-state index contributed by atoms with van der Waals surface area (Å²) in [5, 5.41) is 5.76. The van der Waals surface area contributed by atoms with E-state index in [1.54, 1.807) is 29.3 Å². The summed E-state index contributed by atoms with van der Waals surface area (Å²) in [6.45, 7) is 3.34. The zero-order valence-electron chi connectivity index (χ0n) is 38.8. The maximum Gasteiger partial charge on any atom is 0.407 e. The largest absolute Gasteiger partial charge is 0.453 e. The highest BCUT2D eigenvalue weighted by atomic mass is 19.3. The number of aromatic amines is 2. The molecule has 16 nitrogen and oxygen atoms in total. The first-order chi connectivity index (χ1) is 34.0. The minimum Gasteiger partial charge on any atom is -0.453 e. The molecule has 4 aliphatic heterocycles. The van der Waals surface area contributed by atoms with E-state index in [1.807, 2.05) is 60.7 Å². The highest BCUT2D eigenvalue weighted by molar-refractivity contribution is 5.88. The van der Waals surface area contributed by atoms with E-state index < -0.39 is 36.0 Å². The van der Waals surface area contributed by atoms with Gasteiger partial charge in [0.2, 0.25) is 5.91 Å². The summed E-state index contributed by atoms with van der Waals surface area (Å²) < 4.78 is 61.2. The molecular formula is C52H54F2N8O8. The van der Waals surface area contributed by atoms with Gasteiger partial charge < -0.3 is 49.2 Å². The molecule has 0 saturated carbocycles. The molecule has 364 valence electrons. The Balaban J connectivity index is 0.828. The molecule has 11 rings (SSSR count). The Labute approximate surface area is 402 Å². The number of rotatable bonds is 11. The number of hydrogen-bond acceptors (Lipinski definition) is 11. The van der Waals surface area contributed by atoms with Crippen LogP contribution in [0.25, 0.3) is 44.5 Å². The van der Waals surface area contributed by atoms with Crippen LogP contribution in [0.4, 0.5) is 18.4 Å². The summed E-state index contributed by atoms with van der Waals surface area (Å²) >= 11 is 0. The lowest BCUT2D eigenvalue weighted by atomic mass is 9.90. The molecule has 4 atom stereocenters. The standard InChI is InChI=1S/C52H54F2N8O8/c1-66-49(64)59-42(30-7-4-3-5-8-30)28-61-29-51(69-21-22-70-51)26-44(61)47-56-39-15-12-33(25-40(39)57-47)32-10-13-35-36-14-11-34(24-38(36)52(53,54)37(35)23-32)41-27-55-46(58-41)43-9-6-18-62(43)48(63)45(60-50(65)67-2)31-16-19-68-20-17-31/h3-5,7-8,10-15,23-25,27,31,42-45H,6,9,16-22,26,28-29H2,1-2H3,(H,55,58)(H,56,57)(H,59,64)(H,60,65)/t42-,43?,44?,45-/m0/s1. The second kappa shape index (κ2) is 18.5. The SMILES string of the molecule is COC(=O)N[C@@H](CN1CC2(CC1c1nc3ccc(-c4ccc5c(c4)C(F)(F)c4cc(-c6cnc(C7CCCN7C(=O)[C@@H](NC(=O)OC)C7CCOCC7)[nH]6)ccc4-5)cc3[nH]1)OCCO2)c1ccccc1. The predicted octanol–water partition coefficient (Wildman–Crippen LogP) is 8.14. The van der Waals surface area contributed by atoms with Crippen LogP contribution in [0.2, 0.25) is 0 Å². The van der Waals surface area contributed by atoms with E-state index in [-0.39, 0.29) is 35.0 Å². The maximum absolute atomic E-state index is 16.7. The fourth-order valence-corrected chi connectivity index (χ4v) is 11.1. The van der Waals surface area contributed by atoms with Crippen LogP contribution >= 0.6 is 0 Å². The van der Waals surface area contributed by atoms with Crippen LogP contribution < -0.4 is 10.6 Å². The number of likely N-dealkylation sites (tertiary alicyclic amines) is 2. The lowest BCUT2D eigenvalue weighted by molar-refractivity contribution is -0.146. The number of imidazole rings is 2. The average molecular weight is 957 g/mol. The van der Waals surface area contributed by atoms with Crippen LogP contribution in [0.1, 0.15) is 78.6 Å². The monoisotopic (exact) mass is 956 g/mol. The normalized spacial score (nSPS) is 21.4. The number of nitrogens with one attached hydrogen (secondary N) is 4. The number of H-pyrrole nitrogens is 2. The van der Waals surface area contributed by atoms with Gasteiger partial charge in [0.05, 0.1) is 75.0 Å². The number of hydrogen-bond donors (Lipinski definition) is 4. The van der Waals surface area contributed by atoms with Crippen molar-refractivity contribution in [1.29, 1.82) is 0 Å². The van der Waals surface area contributed by atoms with E-state index in [4.69, 9.17) is 28.7 Å². The molecule has 5 aliphatic rings. The van der Waals surface area contributed by atoms with Crippen molar-refractivity contribution in [2.24, 2.45) is 5.92 Å². The second-order valence-electron chi connectivity index (χ2n) is 18.7. The first-order valence-electron chi connectivity index (χ1n) is 23.9. The molecule has 4 aromatic carbocycles. The summed E-state index contributed by atoms with van der Waals surface area (Å²) in [4.78, 5) is 59.5. The number of methoxy groups -OCH3 is 2. The first kappa shape index (κ1) is 45.7. The molecule has 70 heavy (non-hydrogen) atoms. The van der Waals surface area contributed by atoms with Crippen molar-refractivity contribution in [3.05, 3.63) is 119 Å². The van der Waals surface area contributed by atoms with Crippen molar-refractivity contribution in [2.75, 3.05) is 60.3 Å². The fourth-order valence-electron chi connectivity index (χ4n) is 11.1. The van der Waals surface area contributed by atoms with Crippen molar-refractivity contribution < 1.29 is 46.8 Å². The number of carbonyl (C=O) groups excluding carboxylic acids is 3. The van der Waals surface area contributed by atoms with E-state index >= 15 is 8.78 Å². The van der Waals surface area contributed by atoms with Gasteiger partial charge in [-0.1, -0.05) is 60.7 Å². The lowest BCUT2D eigenvalue weighted by Crippen LogP contribution is -2.53. The third kappa shape index (κ3) is 8.45. The van der Waals surface area contributed by atoms with Gasteiger partial charge in [0, 0.05) is 49.4 Å². The predicted molar refractivity (Wildman–Crippen MR) is 252 cm³/mol. The molecule has 6 aromatic rings. The third-order valence-corrected chi connectivity index (χ3v) is 14.7. The Kier molecular flexibility index (Phi) is 12.1. The number of aromatic nitrogens is 4. The summed E-state index contributed by atoms with van der Waals surface area (Å²) in [5.74, 6) is -3.18. The van der Waals surface area contributed by atoms with Crippen molar-refractivity contribution >= 4 is 29.1 Å². The Morgan fingerprint density at radius 1 is 0.800 bits per heavy atom. The number of ether oxygens (including phenoxy) is 5. The summed E-state index contributed by atoms with van der Waals surface area (Å²) in [6.07, 6.45) is 3.59. The molecule has 0 bridgehead atoms. The van der Waals surface area contributed by atoms with Crippen molar-refractivity contribution in [1.82, 2.24) is 40.4 Å². The quantitative estimate of drug-likeness (QED) is 0.0983. The summed E-state index contributed by atoms with van der Waals surface area (Å²) in [7, 11) is 2.61. The van der Waals surface area contributed by atoms with E-state index in [1.165, 1.54) is 20.3 Å². The van der Waals surface area contributed by atoms with Gasteiger partial charge in [0.25, 0.3) is 5.92 Å². The van der Waals surface area contributed by atoms with Crippen LogP contribution in [-0.4, -0.2) is 120 Å². The zero-order valence-corrected chi connectivity index (χ0v) is 38.8. The first-order valence-corrected chi connectivity index (χ1v) is 23.9. The van der Waals surface area contributed by atoms with Crippen LogP contribution in [-0.2, 0) is 34.4 Å². The van der Waals surface area contributed by atoms with Gasteiger partial charge in [0.15, 0.2) is 5.79 Å². The number of benzene rings is 4.